The van der Waals surface area contributed by atoms with Gasteiger partial charge in [-0.1, -0.05) is 48.7 Å². The Kier molecular flexibility index (Phi) is 7.29. The van der Waals surface area contributed by atoms with Gasteiger partial charge in [-0.3, -0.25) is 9.59 Å². The molecule has 0 spiro atoms. The molecular formula is C19H20Cl2N2O2. The van der Waals surface area contributed by atoms with E-state index >= 15 is 0 Å². The molecule has 2 N–H and O–H groups in total. The van der Waals surface area contributed by atoms with Crippen molar-refractivity contribution >= 4 is 40.7 Å². The van der Waals surface area contributed by atoms with Crippen molar-refractivity contribution in [2.24, 2.45) is 0 Å². The first kappa shape index (κ1) is 19.3. The van der Waals surface area contributed by atoms with Crippen LogP contribution in [-0.4, -0.2) is 18.4 Å². The summed E-state index contributed by atoms with van der Waals surface area (Å²) in [5.41, 5.74) is 2.13. The van der Waals surface area contributed by atoms with Crippen molar-refractivity contribution in [3.63, 3.8) is 0 Å². The number of carbonyl (C=O) groups is 2. The van der Waals surface area contributed by atoms with Crippen molar-refractivity contribution in [1.82, 2.24) is 5.32 Å². The van der Waals surface area contributed by atoms with Gasteiger partial charge < -0.3 is 10.6 Å². The van der Waals surface area contributed by atoms with Gasteiger partial charge in [0.25, 0.3) is 5.91 Å². The van der Waals surface area contributed by atoms with E-state index in [2.05, 4.69) is 17.6 Å². The Labute approximate surface area is 157 Å². The molecule has 0 aliphatic carbocycles. The van der Waals surface area contributed by atoms with E-state index < -0.39 is 0 Å². The van der Waals surface area contributed by atoms with Gasteiger partial charge in [-0.15, -0.1) is 0 Å². The maximum absolute atomic E-state index is 12.1. The summed E-state index contributed by atoms with van der Waals surface area (Å²) in [7, 11) is 0. The molecule has 6 heteroatoms. The lowest BCUT2D eigenvalue weighted by Gasteiger charge is -2.09. The van der Waals surface area contributed by atoms with Crippen LogP contribution in [0.1, 0.15) is 35.7 Å². The number of amides is 2. The molecule has 2 aromatic carbocycles. The predicted molar refractivity (Wildman–Crippen MR) is 102 cm³/mol. The van der Waals surface area contributed by atoms with Crippen molar-refractivity contribution in [3.8, 4) is 0 Å². The molecule has 132 valence electrons. The monoisotopic (exact) mass is 378 g/mol. The second kappa shape index (κ2) is 9.44. The second-order valence-corrected chi connectivity index (χ2v) is 6.50. The normalized spacial score (nSPS) is 10.4. The Morgan fingerprint density at radius 2 is 1.76 bits per heavy atom. The van der Waals surface area contributed by atoms with Gasteiger partial charge in [-0.25, -0.2) is 0 Å². The molecule has 0 aromatic heterocycles. The number of hydrogen-bond donors (Lipinski definition) is 2. The van der Waals surface area contributed by atoms with Gasteiger partial charge in [0, 0.05) is 10.6 Å². The average Bonchev–Trinajstić information content (AvgIpc) is 2.61. The van der Waals surface area contributed by atoms with Gasteiger partial charge in [-0.2, -0.15) is 0 Å². The van der Waals surface area contributed by atoms with Crippen molar-refractivity contribution < 1.29 is 9.59 Å². The van der Waals surface area contributed by atoms with Crippen LogP contribution in [0.2, 0.25) is 10.0 Å². The SMILES string of the molecule is CCCCc1ccc(C(=O)NCC(=O)Nc2cc(Cl)ccc2Cl)cc1. The van der Waals surface area contributed by atoms with Crippen LogP contribution < -0.4 is 10.6 Å². The first-order valence-corrected chi connectivity index (χ1v) is 8.87. The van der Waals surface area contributed by atoms with Gasteiger partial charge in [0.2, 0.25) is 5.91 Å². The summed E-state index contributed by atoms with van der Waals surface area (Å²) in [6, 6.07) is 12.2. The standard InChI is InChI=1S/C19H20Cl2N2O2/c1-2-3-4-13-5-7-14(8-6-13)19(25)22-12-18(24)23-17-11-15(20)9-10-16(17)21/h5-11H,2-4,12H2,1H3,(H,22,25)(H,23,24). The number of carbonyl (C=O) groups excluding carboxylic acids is 2. The van der Waals surface area contributed by atoms with Gasteiger partial charge in [0.05, 0.1) is 17.3 Å². The number of nitrogens with one attached hydrogen (secondary N) is 2. The molecule has 0 aliphatic rings. The molecule has 0 unspecified atom stereocenters. The van der Waals surface area contributed by atoms with Gasteiger partial charge in [0.15, 0.2) is 0 Å². The molecule has 0 saturated heterocycles. The van der Waals surface area contributed by atoms with Crippen LogP contribution in [0.4, 0.5) is 5.69 Å². The zero-order valence-corrected chi connectivity index (χ0v) is 15.5. The molecular weight excluding hydrogens is 359 g/mol. The number of hydrogen-bond acceptors (Lipinski definition) is 2. The molecule has 0 bridgehead atoms. The number of halogens is 2. The van der Waals surface area contributed by atoms with Crippen LogP contribution in [-0.2, 0) is 11.2 Å². The highest BCUT2D eigenvalue weighted by Crippen LogP contribution is 2.25. The fourth-order valence-electron chi connectivity index (χ4n) is 2.25. The molecule has 2 aromatic rings. The quantitative estimate of drug-likeness (QED) is 0.732. The summed E-state index contributed by atoms with van der Waals surface area (Å²) in [5, 5.41) is 6.05. The Morgan fingerprint density at radius 1 is 1.04 bits per heavy atom. The van der Waals surface area contributed by atoms with E-state index in [9.17, 15) is 9.59 Å². The largest absolute Gasteiger partial charge is 0.343 e. The van der Waals surface area contributed by atoms with Gasteiger partial charge in [0.1, 0.15) is 0 Å². The molecule has 0 radical (unpaired) electrons. The van der Waals surface area contributed by atoms with Crippen LogP contribution in [0.3, 0.4) is 0 Å². The Hall–Kier alpha value is -2.04. The number of aryl methyl sites for hydroxylation is 1. The average molecular weight is 379 g/mol. The van der Waals surface area contributed by atoms with E-state index in [1.807, 2.05) is 12.1 Å². The summed E-state index contributed by atoms with van der Waals surface area (Å²) in [6.45, 7) is 1.99. The zero-order chi connectivity index (χ0) is 18.2. The van der Waals surface area contributed by atoms with Crippen molar-refractivity contribution in [1.29, 1.82) is 0 Å². The maximum Gasteiger partial charge on any atom is 0.251 e. The number of unbranched alkanes of at least 4 members (excludes halogenated alkanes) is 1. The minimum absolute atomic E-state index is 0.154. The first-order chi connectivity index (χ1) is 12.0. The molecule has 0 fully saturated rings. The van der Waals surface area contributed by atoms with E-state index in [0.717, 1.165) is 19.3 Å². The fourth-order valence-corrected chi connectivity index (χ4v) is 2.59. The molecule has 0 heterocycles. The fraction of sp³-hybridized carbons (Fsp3) is 0.263. The molecule has 2 amide bonds. The summed E-state index contributed by atoms with van der Waals surface area (Å²) in [5.74, 6) is -0.675. The molecule has 0 aliphatic heterocycles. The molecule has 2 rings (SSSR count). The number of anilines is 1. The number of rotatable bonds is 7. The minimum atomic E-state index is -0.378. The van der Waals surface area contributed by atoms with Crippen LogP contribution in [0.15, 0.2) is 42.5 Å². The Bertz CT molecular complexity index is 746. The van der Waals surface area contributed by atoms with Crippen LogP contribution >= 0.6 is 23.2 Å². The van der Waals surface area contributed by atoms with Gasteiger partial charge in [-0.05, 0) is 48.7 Å². The van der Waals surface area contributed by atoms with Crippen molar-refractivity contribution in [3.05, 3.63) is 63.6 Å². The smallest absolute Gasteiger partial charge is 0.251 e. The summed E-state index contributed by atoms with van der Waals surface area (Å²) < 4.78 is 0. The van der Waals surface area contributed by atoms with E-state index in [0.29, 0.717) is 21.3 Å². The van der Waals surface area contributed by atoms with Crippen LogP contribution in [0, 0.1) is 0 Å². The highest BCUT2D eigenvalue weighted by atomic mass is 35.5. The highest BCUT2D eigenvalue weighted by Gasteiger charge is 2.10. The van der Waals surface area contributed by atoms with E-state index in [4.69, 9.17) is 23.2 Å². The summed E-state index contributed by atoms with van der Waals surface area (Å²) >= 11 is 11.9. The van der Waals surface area contributed by atoms with Crippen molar-refractivity contribution in [2.75, 3.05) is 11.9 Å². The third-order valence-corrected chi connectivity index (χ3v) is 4.21. The van der Waals surface area contributed by atoms with Crippen LogP contribution in [0.25, 0.3) is 0 Å². The summed E-state index contributed by atoms with van der Waals surface area (Å²) in [6.07, 6.45) is 3.26. The lowest BCUT2D eigenvalue weighted by atomic mass is 10.1. The second-order valence-electron chi connectivity index (χ2n) is 5.66. The minimum Gasteiger partial charge on any atom is -0.343 e. The van der Waals surface area contributed by atoms with Gasteiger partial charge >= 0.3 is 0 Å². The molecule has 25 heavy (non-hydrogen) atoms. The van der Waals surface area contributed by atoms with E-state index in [1.165, 1.54) is 5.56 Å². The Balaban J connectivity index is 1.86. The highest BCUT2D eigenvalue weighted by molar-refractivity contribution is 6.35. The zero-order valence-electron chi connectivity index (χ0n) is 13.9. The topological polar surface area (TPSA) is 58.2 Å². The molecule has 0 atom stereocenters. The van der Waals surface area contributed by atoms with Crippen LogP contribution in [0.5, 0.6) is 0 Å². The summed E-state index contributed by atoms with van der Waals surface area (Å²) in [4.78, 5) is 24.1. The van der Waals surface area contributed by atoms with E-state index in [1.54, 1.807) is 30.3 Å². The maximum atomic E-state index is 12.1. The predicted octanol–water partition coefficient (Wildman–Crippen LogP) is 4.70. The lowest BCUT2D eigenvalue weighted by molar-refractivity contribution is -0.115. The molecule has 4 nitrogen and oxygen atoms in total. The molecule has 0 saturated carbocycles. The Morgan fingerprint density at radius 3 is 2.44 bits per heavy atom. The van der Waals surface area contributed by atoms with Crippen molar-refractivity contribution in [2.45, 2.75) is 26.2 Å². The third-order valence-electron chi connectivity index (χ3n) is 3.65. The lowest BCUT2D eigenvalue weighted by Crippen LogP contribution is -2.32. The first-order valence-electron chi connectivity index (χ1n) is 8.11. The third kappa shape index (κ3) is 6.07. The van der Waals surface area contributed by atoms with E-state index in [-0.39, 0.29) is 18.4 Å². The number of benzene rings is 2.